The third-order valence-corrected chi connectivity index (χ3v) is 6.48. The molecule has 200 valence electrons. The molecule has 5 rings (SSSR count). The molecule has 2 fully saturated rings. The van der Waals surface area contributed by atoms with Gasteiger partial charge >= 0.3 is 0 Å². The maximum atomic E-state index is 13.6. The minimum Gasteiger partial charge on any atom is -0.491 e. The zero-order valence-corrected chi connectivity index (χ0v) is 21.7. The fraction of sp³-hybridized carbons (Fsp3) is 0.370. The molecule has 1 saturated heterocycles. The van der Waals surface area contributed by atoms with Gasteiger partial charge in [0, 0.05) is 36.3 Å². The van der Waals surface area contributed by atoms with E-state index in [1.807, 2.05) is 11.9 Å². The Morgan fingerprint density at radius 1 is 1.24 bits per heavy atom. The molecule has 1 aliphatic heterocycles. The van der Waals surface area contributed by atoms with Gasteiger partial charge in [-0.3, -0.25) is 9.69 Å². The number of carbonyl (C=O) groups excluding carboxylic acids is 1. The lowest BCUT2D eigenvalue weighted by atomic mass is 10.1. The molecule has 0 spiro atoms. The zero-order valence-electron chi connectivity index (χ0n) is 21.0. The lowest BCUT2D eigenvalue weighted by molar-refractivity contribution is -0.111. The summed E-state index contributed by atoms with van der Waals surface area (Å²) in [6.45, 7) is 2.96. The van der Waals surface area contributed by atoms with Gasteiger partial charge in [0.1, 0.15) is 23.7 Å². The van der Waals surface area contributed by atoms with Crippen molar-refractivity contribution in [3.63, 3.8) is 0 Å². The minimum absolute atomic E-state index is 0.00203. The SMILES string of the molecule is CN(CC=CC(=O)Nc1cc2c(Nc3ccc(F)c(Cl)c3)ncnc2cc1OCC1CC1)CC1OCCO1. The summed E-state index contributed by atoms with van der Waals surface area (Å²) >= 11 is 5.94. The van der Waals surface area contributed by atoms with E-state index in [9.17, 15) is 9.18 Å². The number of rotatable bonds is 11. The smallest absolute Gasteiger partial charge is 0.248 e. The van der Waals surface area contributed by atoms with Gasteiger partial charge in [-0.05, 0) is 50.1 Å². The minimum atomic E-state index is -0.508. The molecule has 9 nitrogen and oxygen atoms in total. The number of hydrogen-bond acceptors (Lipinski definition) is 8. The largest absolute Gasteiger partial charge is 0.491 e. The van der Waals surface area contributed by atoms with Crippen LogP contribution >= 0.6 is 11.6 Å². The molecular weight excluding hydrogens is 513 g/mol. The van der Waals surface area contributed by atoms with Gasteiger partial charge in [-0.25, -0.2) is 14.4 Å². The molecule has 0 radical (unpaired) electrons. The Morgan fingerprint density at radius 3 is 2.82 bits per heavy atom. The van der Waals surface area contributed by atoms with Crippen LogP contribution < -0.4 is 15.4 Å². The second-order valence-electron chi connectivity index (χ2n) is 9.38. The van der Waals surface area contributed by atoms with Crippen molar-refractivity contribution in [3.8, 4) is 5.75 Å². The van der Waals surface area contributed by atoms with Crippen molar-refractivity contribution in [2.75, 3.05) is 50.6 Å². The van der Waals surface area contributed by atoms with Crippen LogP contribution in [0, 0.1) is 11.7 Å². The van der Waals surface area contributed by atoms with Gasteiger partial charge < -0.3 is 24.8 Å². The molecule has 1 amide bonds. The third kappa shape index (κ3) is 6.96. The Labute approximate surface area is 224 Å². The number of hydrogen-bond donors (Lipinski definition) is 2. The number of anilines is 3. The van der Waals surface area contributed by atoms with Crippen LogP contribution in [0.25, 0.3) is 10.9 Å². The Morgan fingerprint density at radius 2 is 2.05 bits per heavy atom. The number of carbonyl (C=O) groups is 1. The number of fused-ring (bicyclic) bond motifs is 1. The Balaban J connectivity index is 1.33. The summed E-state index contributed by atoms with van der Waals surface area (Å²) in [6.07, 6.45) is 6.74. The molecule has 3 aromatic rings. The number of ether oxygens (including phenoxy) is 3. The number of nitrogens with zero attached hydrogens (tertiary/aromatic N) is 3. The van der Waals surface area contributed by atoms with Crippen LogP contribution in [0.4, 0.5) is 21.6 Å². The molecule has 1 saturated carbocycles. The summed E-state index contributed by atoms with van der Waals surface area (Å²) in [7, 11) is 1.93. The van der Waals surface area contributed by atoms with Crippen LogP contribution in [0.1, 0.15) is 12.8 Å². The summed E-state index contributed by atoms with van der Waals surface area (Å²) in [6, 6.07) is 7.89. The van der Waals surface area contributed by atoms with Crippen LogP contribution in [0.15, 0.2) is 48.8 Å². The number of amides is 1. The monoisotopic (exact) mass is 541 g/mol. The third-order valence-electron chi connectivity index (χ3n) is 6.19. The molecular formula is C27H29ClFN5O4. The van der Waals surface area contributed by atoms with Gasteiger partial charge in [-0.1, -0.05) is 17.7 Å². The van der Waals surface area contributed by atoms with Crippen molar-refractivity contribution in [3.05, 3.63) is 59.7 Å². The van der Waals surface area contributed by atoms with Crippen LogP contribution in [-0.2, 0) is 14.3 Å². The number of halogens is 2. The van der Waals surface area contributed by atoms with Crippen LogP contribution in [0.5, 0.6) is 5.75 Å². The number of nitrogens with one attached hydrogen (secondary N) is 2. The molecule has 0 unspecified atom stereocenters. The molecule has 2 heterocycles. The summed E-state index contributed by atoms with van der Waals surface area (Å²) in [5, 5.41) is 6.74. The number of benzene rings is 2. The molecule has 0 bridgehead atoms. The van der Waals surface area contributed by atoms with E-state index in [1.165, 1.54) is 24.5 Å². The van der Waals surface area contributed by atoms with Crippen molar-refractivity contribution >= 4 is 45.6 Å². The molecule has 11 heteroatoms. The quantitative estimate of drug-likeness (QED) is 0.336. The van der Waals surface area contributed by atoms with Gasteiger partial charge in [0.05, 0.1) is 36.0 Å². The Hall–Kier alpha value is -3.31. The van der Waals surface area contributed by atoms with E-state index in [2.05, 4.69) is 20.6 Å². The van der Waals surface area contributed by atoms with Crippen molar-refractivity contribution < 1.29 is 23.4 Å². The summed E-state index contributed by atoms with van der Waals surface area (Å²) in [4.78, 5) is 23.5. The Kier molecular flexibility index (Phi) is 8.33. The molecule has 38 heavy (non-hydrogen) atoms. The van der Waals surface area contributed by atoms with E-state index in [1.54, 1.807) is 24.3 Å². The average molecular weight is 542 g/mol. The predicted octanol–water partition coefficient (Wildman–Crippen LogP) is 4.75. The van der Waals surface area contributed by atoms with E-state index in [-0.39, 0.29) is 17.2 Å². The fourth-order valence-electron chi connectivity index (χ4n) is 3.96. The predicted molar refractivity (Wildman–Crippen MR) is 143 cm³/mol. The van der Waals surface area contributed by atoms with Crippen LogP contribution in [0.2, 0.25) is 5.02 Å². The van der Waals surface area contributed by atoms with Crippen molar-refractivity contribution in [1.29, 1.82) is 0 Å². The summed E-state index contributed by atoms with van der Waals surface area (Å²) in [5.41, 5.74) is 1.70. The van der Waals surface area contributed by atoms with E-state index < -0.39 is 5.82 Å². The standard InChI is InChI=1S/C27H29ClFN5O4/c1-34(14-26-36-9-10-37-26)8-2-3-25(35)33-23-12-19-22(13-24(23)38-15-17-4-5-17)30-16-31-27(19)32-18-6-7-21(29)20(28)11-18/h2-3,6-7,11-13,16-17,26H,4-5,8-10,14-15H2,1H3,(H,33,35)(H,30,31,32). The lowest BCUT2D eigenvalue weighted by Gasteiger charge is -2.18. The van der Waals surface area contributed by atoms with E-state index in [0.717, 1.165) is 12.8 Å². The normalized spacial score (nSPS) is 16.0. The highest BCUT2D eigenvalue weighted by atomic mass is 35.5. The molecule has 1 aromatic heterocycles. The number of likely N-dealkylation sites (N-methyl/N-ethyl adjacent to an activating group) is 1. The van der Waals surface area contributed by atoms with Gasteiger partial charge in [-0.15, -0.1) is 0 Å². The first-order valence-electron chi connectivity index (χ1n) is 12.5. The first-order chi connectivity index (χ1) is 18.4. The second kappa shape index (κ2) is 12.0. The van der Waals surface area contributed by atoms with Gasteiger partial charge in [-0.2, -0.15) is 0 Å². The van der Waals surface area contributed by atoms with E-state index in [0.29, 0.717) is 72.7 Å². The molecule has 1 aliphatic carbocycles. The van der Waals surface area contributed by atoms with Crippen molar-refractivity contribution in [2.24, 2.45) is 5.92 Å². The number of aromatic nitrogens is 2. The van der Waals surface area contributed by atoms with Gasteiger partial charge in [0.2, 0.25) is 5.91 Å². The fourth-order valence-corrected chi connectivity index (χ4v) is 4.14. The summed E-state index contributed by atoms with van der Waals surface area (Å²) < 4.78 is 30.6. The highest BCUT2D eigenvalue weighted by Gasteiger charge is 2.23. The van der Waals surface area contributed by atoms with Crippen LogP contribution in [0.3, 0.4) is 0 Å². The van der Waals surface area contributed by atoms with Crippen molar-refractivity contribution in [1.82, 2.24) is 14.9 Å². The Bertz CT molecular complexity index is 1330. The van der Waals surface area contributed by atoms with E-state index >= 15 is 0 Å². The molecule has 2 N–H and O–H groups in total. The molecule has 0 atom stereocenters. The highest BCUT2D eigenvalue weighted by molar-refractivity contribution is 6.31. The molecule has 2 aliphatic rings. The van der Waals surface area contributed by atoms with Crippen molar-refractivity contribution in [2.45, 2.75) is 19.1 Å². The van der Waals surface area contributed by atoms with Gasteiger partial charge in [0.15, 0.2) is 6.29 Å². The first kappa shape index (κ1) is 26.3. The first-order valence-corrected chi connectivity index (χ1v) is 12.9. The van der Waals surface area contributed by atoms with Crippen LogP contribution in [-0.4, -0.2) is 67.0 Å². The average Bonchev–Trinajstić information content (AvgIpc) is 3.59. The van der Waals surface area contributed by atoms with Gasteiger partial charge in [0.25, 0.3) is 0 Å². The maximum Gasteiger partial charge on any atom is 0.248 e. The second-order valence-corrected chi connectivity index (χ2v) is 9.79. The highest BCUT2D eigenvalue weighted by Crippen LogP contribution is 2.36. The maximum absolute atomic E-state index is 13.6. The zero-order chi connectivity index (χ0) is 26.5. The topological polar surface area (TPSA) is 97.8 Å². The van der Waals surface area contributed by atoms with E-state index in [4.69, 9.17) is 25.8 Å². The lowest BCUT2D eigenvalue weighted by Crippen LogP contribution is -2.30. The summed E-state index contributed by atoms with van der Waals surface area (Å²) in [5.74, 6) is 0.748. The molecule has 2 aromatic carbocycles.